The molecule has 1 fully saturated rings. The molecule has 1 saturated heterocycles. The number of aliphatic carboxylic acids is 1. The Balaban J connectivity index is 0.00000306. The molecule has 1 heterocycles. The standard InChI is InChI=1S/C27H33NO4.Na/c1-4-5-19-6-7-22(26(12-19)31-3)17-32-24-10-11-25-18(2)21(9-8-20(25)13-24)14-28-15-23(16-28)27(29)30;/h6-7,10-13,23H,4-5,8-9,14-17H2,1-3H3,(H,29,30);/q;+1/p-1. The van der Waals surface area contributed by atoms with Crippen LogP contribution in [-0.2, 0) is 24.2 Å². The fraction of sp³-hybridized carbons (Fsp3) is 0.444. The number of hydrogen-bond acceptors (Lipinski definition) is 5. The van der Waals surface area contributed by atoms with Crippen molar-refractivity contribution in [2.75, 3.05) is 26.7 Å². The van der Waals surface area contributed by atoms with E-state index in [-0.39, 0.29) is 35.5 Å². The molecule has 0 aromatic heterocycles. The van der Waals surface area contributed by atoms with Gasteiger partial charge < -0.3 is 19.4 Å². The van der Waals surface area contributed by atoms with Crippen molar-refractivity contribution in [3.8, 4) is 11.5 Å². The van der Waals surface area contributed by atoms with Crippen molar-refractivity contribution >= 4 is 11.5 Å². The van der Waals surface area contributed by atoms with E-state index in [1.165, 1.54) is 27.8 Å². The number of hydrogen-bond donors (Lipinski definition) is 0. The minimum Gasteiger partial charge on any atom is -0.550 e. The Morgan fingerprint density at radius 3 is 2.64 bits per heavy atom. The molecule has 1 aliphatic heterocycles. The van der Waals surface area contributed by atoms with Crippen LogP contribution >= 0.6 is 0 Å². The summed E-state index contributed by atoms with van der Waals surface area (Å²) >= 11 is 0. The molecule has 33 heavy (non-hydrogen) atoms. The molecular weight excluding hydrogens is 425 g/mol. The van der Waals surface area contributed by atoms with Gasteiger partial charge in [-0.15, -0.1) is 0 Å². The van der Waals surface area contributed by atoms with Gasteiger partial charge >= 0.3 is 29.6 Å². The SMILES string of the molecule is CCCc1ccc(COc2ccc3c(c2)CCC(CN2CC(C(=O)[O-])C2)=C3C)c(OC)c1.[Na+]. The number of fused-ring (bicyclic) bond motifs is 1. The Kier molecular flexibility index (Phi) is 9.05. The summed E-state index contributed by atoms with van der Waals surface area (Å²) in [4.78, 5) is 13.1. The van der Waals surface area contributed by atoms with E-state index >= 15 is 0 Å². The Bertz CT molecular complexity index is 1030. The van der Waals surface area contributed by atoms with Crippen LogP contribution in [0.2, 0.25) is 0 Å². The van der Waals surface area contributed by atoms with Crippen LogP contribution in [0.25, 0.3) is 5.57 Å². The maximum Gasteiger partial charge on any atom is 1.00 e. The molecule has 0 spiro atoms. The van der Waals surface area contributed by atoms with E-state index in [2.05, 4.69) is 49.1 Å². The monoisotopic (exact) mass is 457 g/mol. The summed E-state index contributed by atoms with van der Waals surface area (Å²) in [5, 5.41) is 10.9. The summed E-state index contributed by atoms with van der Waals surface area (Å²) in [6, 6.07) is 12.7. The van der Waals surface area contributed by atoms with Crippen molar-refractivity contribution in [3.63, 3.8) is 0 Å². The van der Waals surface area contributed by atoms with Crippen molar-refractivity contribution in [1.82, 2.24) is 4.90 Å². The number of carbonyl (C=O) groups is 1. The molecule has 0 amide bonds. The second kappa shape index (κ2) is 11.6. The fourth-order valence-electron chi connectivity index (χ4n) is 4.73. The first-order valence-corrected chi connectivity index (χ1v) is 11.5. The number of likely N-dealkylation sites (tertiary alicyclic amines) is 1. The topological polar surface area (TPSA) is 61.8 Å². The summed E-state index contributed by atoms with van der Waals surface area (Å²) in [5.74, 6) is 0.513. The van der Waals surface area contributed by atoms with Crippen LogP contribution in [0.15, 0.2) is 42.0 Å². The minimum absolute atomic E-state index is 0. The van der Waals surface area contributed by atoms with E-state index in [4.69, 9.17) is 9.47 Å². The van der Waals surface area contributed by atoms with Gasteiger partial charge in [-0.3, -0.25) is 4.90 Å². The van der Waals surface area contributed by atoms with Crippen molar-refractivity contribution in [2.45, 2.75) is 46.1 Å². The van der Waals surface area contributed by atoms with Gasteiger partial charge in [0.2, 0.25) is 0 Å². The molecule has 0 radical (unpaired) electrons. The number of carboxylic acid groups (broad SMARTS) is 1. The molecule has 2 aromatic carbocycles. The van der Waals surface area contributed by atoms with E-state index in [0.29, 0.717) is 19.7 Å². The zero-order valence-electron chi connectivity index (χ0n) is 20.3. The predicted molar refractivity (Wildman–Crippen MR) is 124 cm³/mol. The maximum atomic E-state index is 10.9. The Morgan fingerprint density at radius 2 is 1.94 bits per heavy atom. The number of aryl methyl sites for hydroxylation is 2. The molecule has 0 bridgehead atoms. The van der Waals surface area contributed by atoms with Crippen molar-refractivity contribution < 1.29 is 48.9 Å². The summed E-state index contributed by atoms with van der Waals surface area (Å²) in [6.07, 6.45) is 4.14. The average Bonchev–Trinajstić information content (AvgIpc) is 2.76. The van der Waals surface area contributed by atoms with Crippen molar-refractivity contribution in [2.24, 2.45) is 5.92 Å². The summed E-state index contributed by atoms with van der Waals surface area (Å²) in [7, 11) is 1.71. The molecule has 0 atom stereocenters. The minimum atomic E-state index is -0.928. The van der Waals surface area contributed by atoms with E-state index < -0.39 is 5.97 Å². The van der Waals surface area contributed by atoms with Crippen LogP contribution in [0.3, 0.4) is 0 Å². The predicted octanol–water partition coefficient (Wildman–Crippen LogP) is 0.632. The second-order valence-corrected chi connectivity index (χ2v) is 8.94. The van der Waals surface area contributed by atoms with Gasteiger partial charge in [0.1, 0.15) is 18.1 Å². The van der Waals surface area contributed by atoms with Gasteiger partial charge in [-0.25, -0.2) is 0 Å². The smallest absolute Gasteiger partial charge is 0.550 e. The van der Waals surface area contributed by atoms with Crippen molar-refractivity contribution in [3.05, 3.63) is 64.2 Å². The number of allylic oxidation sites excluding steroid dienone is 1. The fourth-order valence-corrected chi connectivity index (χ4v) is 4.73. The first kappa shape index (κ1) is 25.8. The molecule has 4 rings (SSSR count). The molecule has 170 valence electrons. The molecule has 5 nitrogen and oxygen atoms in total. The van der Waals surface area contributed by atoms with Crippen LogP contribution in [-0.4, -0.2) is 37.6 Å². The molecule has 1 aliphatic carbocycles. The van der Waals surface area contributed by atoms with Crippen LogP contribution in [0.1, 0.15) is 48.9 Å². The van der Waals surface area contributed by atoms with Gasteiger partial charge in [0.25, 0.3) is 0 Å². The van der Waals surface area contributed by atoms with Gasteiger partial charge in [0, 0.05) is 37.1 Å². The quantitative estimate of drug-likeness (QED) is 0.517. The molecule has 0 saturated carbocycles. The summed E-state index contributed by atoms with van der Waals surface area (Å²) in [5.41, 5.74) is 7.63. The molecule has 2 aromatic rings. The van der Waals surface area contributed by atoms with Gasteiger partial charge in [-0.05, 0) is 66.6 Å². The number of ether oxygens (including phenoxy) is 2. The normalized spacial score (nSPS) is 16.0. The van der Waals surface area contributed by atoms with E-state index in [1.54, 1.807) is 7.11 Å². The van der Waals surface area contributed by atoms with Gasteiger partial charge in [-0.1, -0.05) is 37.1 Å². The first-order valence-electron chi connectivity index (χ1n) is 11.5. The van der Waals surface area contributed by atoms with Crippen molar-refractivity contribution in [1.29, 1.82) is 0 Å². The first-order chi connectivity index (χ1) is 15.5. The van der Waals surface area contributed by atoms with Crippen LogP contribution < -0.4 is 44.1 Å². The number of methoxy groups -OCH3 is 1. The third kappa shape index (κ3) is 6.02. The van der Waals surface area contributed by atoms with Gasteiger partial charge in [-0.2, -0.15) is 0 Å². The second-order valence-electron chi connectivity index (χ2n) is 8.94. The third-order valence-electron chi connectivity index (χ3n) is 6.70. The maximum absolute atomic E-state index is 10.9. The molecular formula is C27H32NNaO4. The Morgan fingerprint density at radius 1 is 1.15 bits per heavy atom. The van der Waals surface area contributed by atoms with Gasteiger partial charge in [0.05, 0.1) is 7.11 Å². The summed E-state index contributed by atoms with van der Waals surface area (Å²) in [6.45, 7) is 6.87. The van der Waals surface area contributed by atoms with Crippen LogP contribution in [0, 0.1) is 5.92 Å². The largest absolute Gasteiger partial charge is 1.00 e. The van der Waals surface area contributed by atoms with Crippen LogP contribution in [0.5, 0.6) is 11.5 Å². The summed E-state index contributed by atoms with van der Waals surface area (Å²) < 4.78 is 11.7. The van der Waals surface area contributed by atoms with Gasteiger partial charge in [0.15, 0.2) is 0 Å². The molecule has 6 heteroatoms. The molecule has 2 aliphatic rings. The van der Waals surface area contributed by atoms with Crippen LogP contribution in [0.4, 0.5) is 0 Å². The average molecular weight is 458 g/mol. The number of carbonyl (C=O) groups excluding carboxylic acids is 1. The zero-order valence-corrected chi connectivity index (χ0v) is 22.3. The molecule has 0 N–H and O–H groups in total. The van der Waals surface area contributed by atoms with E-state index in [1.807, 2.05) is 6.07 Å². The van der Waals surface area contributed by atoms with E-state index in [0.717, 1.165) is 49.3 Å². The number of rotatable bonds is 9. The number of carboxylic acids is 1. The number of nitrogens with zero attached hydrogens (tertiary/aromatic N) is 1. The zero-order chi connectivity index (χ0) is 22.7. The van der Waals surface area contributed by atoms with E-state index in [9.17, 15) is 9.90 Å². The Hall–Kier alpha value is -1.79. The number of benzene rings is 2. The molecule has 0 unspecified atom stereocenters. The Labute approximate surface area is 219 Å². The third-order valence-corrected chi connectivity index (χ3v) is 6.70.